The molecule has 0 amide bonds. The molecule has 3 fully saturated rings. The molecule has 0 aromatic heterocycles. The summed E-state index contributed by atoms with van der Waals surface area (Å²) in [7, 11) is 0. The number of piperidine rings is 1. The summed E-state index contributed by atoms with van der Waals surface area (Å²) in [6, 6.07) is 0.886. The molecule has 0 N–H and O–H groups in total. The minimum Gasteiger partial charge on any atom is -0.300 e. The Labute approximate surface area is 143 Å². The lowest BCUT2D eigenvalue weighted by molar-refractivity contribution is 0.162. The molecular weight excluding hydrogens is 280 g/mol. The van der Waals surface area contributed by atoms with Gasteiger partial charge in [-0.3, -0.25) is 9.80 Å². The van der Waals surface area contributed by atoms with Crippen LogP contribution in [0.15, 0.2) is 11.6 Å². The fourth-order valence-corrected chi connectivity index (χ4v) is 6.00. The smallest absolute Gasteiger partial charge is 0.0196 e. The highest BCUT2D eigenvalue weighted by Gasteiger charge is 2.38. The quantitative estimate of drug-likeness (QED) is 0.716. The summed E-state index contributed by atoms with van der Waals surface area (Å²) >= 11 is 0. The highest BCUT2D eigenvalue weighted by molar-refractivity contribution is 5.18. The summed E-state index contributed by atoms with van der Waals surface area (Å²) in [5.74, 6) is 2.64. The van der Waals surface area contributed by atoms with Gasteiger partial charge in [0.1, 0.15) is 0 Å². The topological polar surface area (TPSA) is 6.48 Å². The lowest BCUT2D eigenvalue weighted by Gasteiger charge is -2.39. The Hall–Kier alpha value is -0.340. The molecule has 4 aliphatic rings. The van der Waals surface area contributed by atoms with Crippen LogP contribution in [-0.2, 0) is 0 Å². The summed E-state index contributed by atoms with van der Waals surface area (Å²) in [4.78, 5) is 5.63. The van der Waals surface area contributed by atoms with Gasteiger partial charge in [0.25, 0.3) is 0 Å². The van der Waals surface area contributed by atoms with Crippen LogP contribution in [0.2, 0.25) is 0 Å². The van der Waals surface area contributed by atoms with Crippen LogP contribution in [0, 0.1) is 17.8 Å². The number of fused-ring (bicyclic) bond motifs is 1. The Morgan fingerprint density at radius 2 is 1.78 bits per heavy atom. The van der Waals surface area contributed by atoms with E-state index >= 15 is 0 Å². The second kappa shape index (κ2) is 7.27. The predicted molar refractivity (Wildman–Crippen MR) is 97.6 cm³/mol. The van der Waals surface area contributed by atoms with Gasteiger partial charge < -0.3 is 0 Å². The third-order valence-electron chi connectivity index (χ3n) is 7.02. The molecule has 1 aliphatic carbocycles. The van der Waals surface area contributed by atoms with Crippen molar-refractivity contribution in [2.75, 3.05) is 32.7 Å². The molecular formula is C21H36N2. The fourth-order valence-electron chi connectivity index (χ4n) is 6.00. The third kappa shape index (κ3) is 3.69. The maximum absolute atomic E-state index is 2.82. The largest absolute Gasteiger partial charge is 0.300 e. The molecule has 3 aliphatic heterocycles. The lowest BCUT2D eigenvalue weighted by Crippen LogP contribution is -2.42. The standard InChI is InChI=1S/C21H36N2/c1-17-13-19(20-10-12-23-11-6-5-9-21(20)23)16-22(14-17)15-18-7-3-2-4-8-18/h13,17-18,20-21H,2-12,14-16H2,1H3. The van der Waals surface area contributed by atoms with Gasteiger partial charge in [0.15, 0.2) is 0 Å². The first kappa shape index (κ1) is 16.1. The Morgan fingerprint density at radius 3 is 2.65 bits per heavy atom. The van der Waals surface area contributed by atoms with Gasteiger partial charge in [-0.05, 0) is 62.9 Å². The Balaban J connectivity index is 1.40. The van der Waals surface area contributed by atoms with E-state index in [0.717, 1.165) is 23.8 Å². The van der Waals surface area contributed by atoms with E-state index in [1.807, 2.05) is 5.57 Å². The van der Waals surface area contributed by atoms with Crippen molar-refractivity contribution >= 4 is 0 Å². The van der Waals surface area contributed by atoms with Crippen molar-refractivity contribution < 1.29 is 0 Å². The van der Waals surface area contributed by atoms with Gasteiger partial charge in [-0.1, -0.05) is 44.3 Å². The molecule has 3 heterocycles. The normalized spacial score (nSPS) is 37.6. The van der Waals surface area contributed by atoms with E-state index in [1.165, 1.54) is 90.5 Å². The van der Waals surface area contributed by atoms with E-state index in [1.54, 1.807) is 0 Å². The minimum absolute atomic E-state index is 0.764. The van der Waals surface area contributed by atoms with Gasteiger partial charge in [-0.15, -0.1) is 0 Å². The summed E-state index contributed by atoms with van der Waals surface area (Å²) < 4.78 is 0. The Kier molecular flexibility index (Phi) is 5.10. The average Bonchev–Trinajstić information content (AvgIpc) is 2.99. The molecule has 0 aromatic carbocycles. The van der Waals surface area contributed by atoms with Gasteiger partial charge in [-0.2, -0.15) is 0 Å². The van der Waals surface area contributed by atoms with Gasteiger partial charge in [0.2, 0.25) is 0 Å². The second-order valence-corrected chi connectivity index (χ2v) is 8.91. The van der Waals surface area contributed by atoms with Crippen molar-refractivity contribution in [2.24, 2.45) is 17.8 Å². The molecule has 0 spiro atoms. The van der Waals surface area contributed by atoms with Crippen LogP contribution >= 0.6 is 0 Å². The fraction of sp³-hybridized carbons (Fsp3) is 0.905. The molecule has 2 saturated heterocycles. The minimum atomic E-state index is 0.764. The molecule has 0 aromatic rings. The molecule has 4 rings (SSSR count). The van der Waals surface area contributed by atoms with Gasteiger partial charge >= 0.3 is 0 Å². The second-order valence-electron chi connectivity index (χ2n) is 8.91. The van der Waals surface area contributed by atoms with E-state index in [4.69, 9.17) is 0 Å². The van der Waals surface area contributed by atoms with Crippen molar-refractivity contribution in [2.45, 2.75) is 70.8 Å². The van der Waals surface area contributed by atoms with Crippen molar-refractivity contribution in [1.29, 1.82) is 0 Å². The predicted octanol–water partition coefficient (Wildman–Crippen LogP) is 4.32. The number of hydrogen-bond donors (Lipinski definition) is 0. The van der Waals surface area contributed by atoms with E-state index in [0.29, 0.717) is 0 Å². The molecule has 2 nitrogen and oxygen atoms in total. The first-order valence-corrected chi connectivity index (χ1v) is 10.5. The van der Waals surface area contributed by atoms with Gasteiger partial charge in [0.05, 0.1) is 0 Å². The monoisotopic (exact) mass is 316 g/mol. The molecule has 2 heteroatoms. The van der Waals surface area contributed by atoms with Gasteiger partial charge in [-0.25, -0.2) is 0 Å². The van der Waals surface area contributed by atoms with E-state index in [2.05, 4.69) is 22.8 Å². The SMILES string of the molecule is CC1C=C(C2CCN3CCCCC23)CN(CC2CCCCC2)C1. The highest BCUT2D eigenvalue weighted by Crippen LogP contribution is 2.38. The summed E-state index contributed by atoms with van der Waals surface area (Å²) in [5, 5.41) is 0. The Morgan fingerprint density at radius 1 is 0.957 bits per heavy atom. The maximum atomic E-state index is 2.82. The maximum Gasteiger partial charge on any atom is 0.0196 e. The number of hydrogen-bond acceptors (Lipinski definition) is 2. The molecule has 23 heavy (non-hydrogen) atoms. The number of nitrogens with zero attached hydrogens (tertiary/aromatic N) is 2. The number of rotatable bonds is 3. The van der Waals surface area contributed by atoms with Crippen LogP contribution in [0.5, 0.6) is 0 Å². The highest BCUT2D eigenvalue weighted by atomic mass is 15.2. The zero-order valence-electron chi connectivity index (χ0n) is 15.2. The molecule has 3 atom stereocenters. The summed E-state index contributed by atoms with van der Waals surface area (Å²) in [6.07, 6.45) is 15.9. The molecule has 0 bridgehead atoms. The van der Waals surface area contributed by atoms with Crippen molar-refractivity contribution in [3.8, 4) is 0 Å². The molecule has 1 saturated carbocycles. The van der Waals surface area contributed by atoms with Crippen LogP contribution in [0.4, 0.5) is 0 Å². The lowest BCUT2D eigenvalue weighted by atomic mass is 9.83. The third-order valence-corrected chi connectivity index (χ3v) is 7.02. The van der Waals surface area contributed by atoms with Crippen molar-refractivity contribution in [3.63, 3.8) is 0 Å². The van der Waals surface area contributed by atoms with Gasteiger partial charge in [0, 0.05) is 25.7 Å². The van der Waals surface area contributed by atoms with Crippen LogP contribution < -0.4 is 0 Å². The Bertz CT molecular complexity index is 424. The van der Waals surface area contributed by atoms with Crippen molar-refractivity contribution in [1.82, 2.24) is 9.80 Å². The molecule has 3 unspecified atom stereocenters. The average molecular weight is 317 g/mol. The van der Waals surface area contributed by atoms with E-state index in [9.17, 15) is 0 Å². The van der Waals surface area contributed by atoms with Crippen LogP contribution in [0.25, 0.3) is 0 Å². The zero-order valence-corrected chi connectivity index (χ0v) is 15.2. The van der Waals surface area contributed by atoms with Crippen LogP contribution in [0.1, 0.15) is 64.7 Å². The summed E-state index contributed by atoms with van der Waals surface area (Å²) in [5.41, 5.74) is 1.81. The van der Waals surface area contributed by atoms with E-state index < -0.39 is 0 Å². The first-order valence-electron chi connectivity index (χ1n) is 10.5. The van der Waals surface area contributed by atoms with Crippen LogP contribution in [0.3, 0.4) is 0 Å². The van der Waals surface area contributed by atoms with E-state index in [-0.39, 0.29) is 0 Å². The van der Waals surface area contributed by atoms with Crippen molar-refractivity contribution in [3.05, 3.63) is 11.6 Å². The molecule has 130 valence electrons. The summed E-state index contributed by atoms with van der Waals surface area (Å²) in [6.45, 7) is 9.15. The zero-order chi connectivity index (χ0) is 15.6. The molecule has 0 radical (unpaired) electrons. The van der Waals surface area contributed by atoms with Crippen LogP contribution in [-0.4, -0.2) is 48.6 Å². The first-order chi connectivity index (χ1) is 11.3.